The zero-order valence-electron chi connectivity index (χ0n) is 13.8. The molecule has 0 N–H and O–H groups in total. The average molecular weight is 347 g/mol. The van der Waals surface area contributed by atoms with Crippen LogP contribution in [-0.2, 0) is 28.7 Å². The largest absolute Gasteiger partial charge is 0.539 e. The fourth-order valence-electron chi connectivity index (χ4n) is 3.02. The van der Waals surface area contributed by atoms with E-state index in [-0.39, 0.29) is 6.10 Å². The molecule has 0 bridgehead atoms. The zero-order chi connectivity index (χ0) is 16.1. The van der Waals surface area contributed by atoms with E-state index < -0.39 is 16.4 Å². The lowest BCUT2D eigenvalue weighted by atomic mass is 10.1. The number of hydrogen-bond donors (Lipinski definition) is 0. The Morgan fingerprint density at radius 1 is 1.18 bits per heavy atom. The minimum absolute atomic E-state index is 0.126. The summed E-state index contributed by atoms with van der Waals surface area (Å²) < 4.78 is 31.2. The first-order chi connectivity index (χ1) is 10.6. The highest BCUT2D eigenvalue weighted by molar-refractivity contribution is 7.29. The second-order valence-electron chi connectivity index (χ2n) is 5.35. The molecule has 0 saturated carbocycles. The van der Waals surface area contributed by atoms with Crippen LogP contribution in [0.5, 0.6) is 0 Å². The molecule has 22 heavy (non-hydrogen) atoms. The Kier molecular flexibility index (Phi) is 6.32. The maximum atomic E-state index is 6.27. The summed E-state index contributed by atoms with van der Waals surface area (Å²) in [7, 11) is 1.08. The Balaban J connectivity index is 1.96. The van der Waals surface area contributed by atoms with E-state index in [1.54, 1.807) is 34.6 Å². The Hall–Kier alpha value is -0.556. The van der Waals surface area contributed by atoms with Gasteiger partial charge in [-0.25, -0.2) is 4.98 Å². The third-order valence-corrected chi connectivity index (χ3v) is 15.6. The molecular formula is C13H26N2O5Si2. The van der Waals surface area contributed by atoms with Crippen LogP contribution in [0.2, 0.25) is 6.04 Å². The molecule has 1 aliphatic heterocycles. The minimum atomic E-state index is -2.91. The molecule has 1 fully saturated rings. The van der Waals surface area contributed by atoms with E-state index in [9.17, 15) is 0 Å². The minimum Gasteiger partial charge on any atom is -0.395 e. The Morgan fingerprint density at radius 2 is 1.91 bits per heavy atom. The average Bonchev–Trinajstić information content (AvgIpc) is 3.08. The number of aryl methyl sites for hydroxylation is 1. The van der Waals surface area contributed by atoms with Crippen molar-refractivity contribution in [2.24, 2.45) is 0 Å². The third-order valence-electron chi connectivity index (χ3n) is 4.28. The summed E-state index contributed by atoms with van der Waals surface area (Å²) in [4.78, 5) is 4.05. The summed E-state index contributed by atoms with van der Waals surface area (Å²) in [5.74, 6) is 0. The SMILES string of the molecule is CO[Si]1(OC)CCC(CCCn2ccnc2)O[Si]1(OC)OC. The van der Waals surface area contributed by atoms with Crippen LogP contribution in [0.1, 0.15) is 19.3 Å². The number of hydrogen-bond acceptors (Lipinski definition) is 6. The van der Waals surface area contributed by atoms with Crippen molar-refractivity contribution in [1.82, 2.24) is 9.55 Å². The summed E-state index contributed by atoms with van der Waals surface area (Å²) in [6.07, 6.45) is 8.62. The fraction of sp³-hybridized carbons (Fsp3) is 0.769. The molecule has 126 valence electrons. The van der Waals surface area contributed by atoms with Gasteiger partial charge in [0, 0.05) is 53.5 Å². The van der Waals surface area contributed by atoms with Crippen LogP contribution in [0, 0.1) is 0 Å². The van der Waals surface area contributed by atoms with Crippen molar-refractivity contribution in [1.29, 1.82) is 0 Å². The Bertz CT molecular complexity index is 438. The maximum absolute atomic E-state index is 6.27. The molecule has 0 spiro atoms. The summed E-state index contributed by atoms with van der Waals surface area (Å²) in [6.45, 7) is 0.936. The van der Waals surface area contributed by atoms with Gasteiger partial charge in [0.05, 0.1) is 6.33 Å². The molecule has 9 heteroatoms. The molecule has 1 atom stereocenters. The van der Waals surface area contributed by atoms with Crippen molar-refractivity contribution >= 4 is 16.4 Å². The van der Waals surface area contributed by atoms with Crippen molar-refractivity contribution in [3.63, 3.8) is 0 Å². The topological polar surface area (TPSA) is 64.0 Å². The second kappa shape index (κ2) is 7.82. The lowest BCUT2D eigenvalue weighted by molar-refractivity contribution is 0.0345. The Labute approximate surface area is 133 Å². The van der Waals surface area contributed by atoms with E-state index in [4.69, 9.17) is 22.1 Å². The van der Waals surface area contributed by atoms with Gasteiger partial charge in [0.15, 0.2) is 0 Å². The maximum Gasteiger partial charge on any atom is 0.539 e. The second-order valence-corrected chi connectivity index (χ2v) is 14.5. The predicted molar refractivity (Wildman–Crippen MR) is 85.3 cm³/mol. The fourth-order valence-corrected chi connectivity index (χ4v) is 12.7. The monoisotopic (exact) mass is 346 g/mol. The number of nitrogens with zero attached hydrogens (tertiary/aromatic N) is 2. The van der Waals surface area contributed by atoms with E-state index in [1.807, 2.05) is 12.5 Å². The first kappa shape index (κ1) is 17.8. The van der Waals surface area contributed by atoms with E-state index in [0.717, 1.165) is 31.9 Å². The molecule has 0 amide bonds. The first-order valence-electron chi connectivity index (χ1n) is 7.49. The molecule has 7 nitrogen and oxygen atoms in total. The number of aromatic nitrogens is 2. The normalized spacial score (nSPS) is 23.5. The van der Waals surface area contributed by atoms with Gasteiger partial charge in [-0.05, 0) is 25.3 Å². The molecule has 0 radical (unpaired) electrons. The Morgan fingerprint density at radius 3 is 2.45 bits per heavy atom. The van der Waals surface area contributed by atoms with Crippen LogP contribution in [-0.4, -0.2) is 60.5 Å². The van der Waals surface area contributed by atoms with Crippen LogP contribution in [0.15, 0.2) is 18.7 Å². The first-order valence-corrected chi connectivity index (χ1v) is 12.2. The third kappa shape index (κ3) is 3.35. The van der Waals surface area contributed by atoms with Crippen molar-refractivity contribution < 1.29 is 22.1 Å². The van der Waals surface area contributed by atoms with Gasteiger partial charge in [0.2, 0.25) is 0 Å². The van der Waals surface area contributed by atoms with Crippen LogP contribution in [0.3, 0.4) is 0 Å². The van der Waals surface area contributed by atoms with E-state index >= 15 is 0 Å². The molecule has 1 aliphatic rings. The van der Waals surface area contributed by atoms with Crippen molar-refractivity contribution in [2.75, 3.05) is 28.4 Å². The van der Waals surface area contributed by atoms with Gasteiger partial charge in [-0.3, -0.25) is 0 Å². The molecule has 0 aliphatic carbocycles. The van der Waals surface area contributed by atoms with Crippen molar-refractivity contribution in [3.8, 4) is 0 Å². The highest BCUT2D eigenvalue weighted by Gasteiger charge is 2.69. The van der Waals surface area contributed by atoms with Gasteiger partial charge in [0.25, 0.3) is 0 Å². The predicted octanol–water partition coefficient (Wildman–Crippen LogP) is 1.50. The van der Waals surface area contributed by atoms with Gasteiger partial charge in [0.1, 0.15) is 0 Å². The summed E-state index contributed by atoms with van der Waals surface area (Å²) in [6, 6.07) is 0.837. The highest BCUT2D eigenvalue weighted by Crippen LogP contribution is 2.36. The van der Waals surface area contributed by atoms with Gasteiger partial charge < -0.3 is 26.7 Å². The molecule has 1 unspecified atom stereocenters. The number of imidazole rings is 1. The molecule has 2 heterocycles. The number of rotatable bonds is 8. The molecule has 0 aromatic carbocycles. The van der Waals surface area contributed by atoms with Crippen molar-refractivity contribution in [2.45, 2.75) is 38.0 Å². The smallest absolute Gasteiger partial charge is 0.395 e. The standard InChI is InChI=1S/C13H26N2O5Si2/c1-16-21(17-2)11-7-13(20-22(21,18-3)19-4)6-5-9-15-10-8-14-12-15/h8,10,12-13H,5-7,9,11H2,1-4H3. The highest BCUT2D eigenvalue weighted by atomic mass is 29.3. The molecule has 1 saturated heterocycles. The molecular weight excluding hydrogens is 320 g/mol. The van der Waals surface area contributed by atoms with Gasteiger partial charge >= 0.3 is 16.4 Å². The van der Waals surface area contributed by atoms with Crippen LogP contribution in [0.25, 0.3) is 0 Å². The van der Waals surface area contributed by atoms with Gasteiger partial charge in [-0.2, -0.15) is 0 Å². The van der Waals surface area contributed by atoms with Crippen LogP contribution < -0.4 is 0 Å². The van der Waals surface area contributed by atoms with Crippen molar-refractivity contribution in [3.05, 3.63) is 18.7 Å². The summed E-state index contributed by atoms with van der Waals surface area (Å²) in [5.41, 5.74) is 0. The van der Waals surface area contributed by atoms with Crippen LogP contribution >= 0.6 is 0 Å². The van der Waals surface area contributed by atoms with E-state index in [1.165, 1.54) is 0 Å². The lowest BCUT2D eigenvalue weighted by Gasteiger charge is -2.45. The molecule has 1 aromatic rings. The summed E-state index contributed by atoms with van der Waals surface area (Å²) in [5, 5.41) is 0. The van der Waals surface area contributed by atoms with E-state index in [2.05, 4.69) is 9.55 Å². The summed E-state index contributed by atoms with van der Waals surface area (Å²) >= 11 is 0. The van der Waals surface area contributed by atoms with Gasteiger partial charge in [-0.15, -0.1) is 0 Å². The van der Waals surface area contributed by atoms with E-state index in [0.29, 0.717) is 0 Å². The quantitative estimate of drug-likeness (QED) is 0.665. The molecule has 2 rings (SSSR count). The lowest BCUT2D eigenvalue weighted by Crippen LogP contribution is -2.73. The zero-order valence-corrected chi connectivity index (χ0v) is 15.8. The molecule has 1 aromatic heterocycles. The van der Waals surface area contributed by atoms with Crippen LogP contribution in [0.4, 0.5) is 0 Å². The van der Waals surface area contributed by atoms with Gasteiger partial charge in [-0.1, -0.05) is 0 Å².